The van der Waals surface area contributed by atoms with Crippen molar-refractivity contribution in [1.82, 2.24) is 4.98 Å². The first-order valence-corrected chi connectivity index (χ1v) is 4.40. The second kappa shape index (κ2) is 4.82. The molecule has 1 aromatic heterocycles. The number of thioether (sulfide) groups is 1. The van der Waals surface area contributed by atoms with Crippen LogP contribution in [0.15, 0.2) is 22.1 Å². The maximum Gasteiger partial charge on any atom is 0.306 e. The van der Waals surface area contributed by atoms with E-state index in [2.05, 4.69) is 9.72 Å². The lowest BCUT2D eigenvalue weighted by molar-refractivity contribution is -0.140. The molecule has 0 saturated heterocycles. The summed E-state index contributed by atoms with van der Waals surface area (Å²) in [5.74, 6) is 0.418. The van der Waals surface area contributed by atoms with E-state index in [0.717, 1.165) is 0 Å². The van der Waals surface area contributed by atoms with E-state index in [0.29, 0.717) is 17.4 Å². The van der Waals surface area contributed by atoms with Gasteiger partial charge in [0.25, 0.3) is 5.22 Å². The third-order valence-electron chi connectivity index (χ3n) is 1.17. The highest BCUT2D eigenvalue weighted by molar-refractivity contribution is 7.99. The maximum absolute atomic E-state index is 10.7. The quantitative estimate of drug-likeness (QED) is 0.525. The second-order valence-corrected chi connectivity index (χ2v) is 3.02. The Kier molecular flexibility index (Phi) is 3.66. The van der Waals surface area contributed by atoms with E-state index in [4.69, 9.17) is 4.42 Å². The van der Waals surface area contributed by atoms with Crippen molar-refractivity contribution in [2.75, 3.05) is 12.9 Å². The third-order valence-corrected chi connectivity index (χ3v) is 2.03. The molecular formula is C7H9NO3S. The van der Waals surface area contributed by atoms with Crippen LogP contribution in [0.3, 0.4) is 0 Å². The summed E-state index contributed by atoms with van der Waals surface area (Å²) >= 11 is 1.39. The molecular weight excluding hydrogens is 178 g/mol. The molecule has 4 nitrogen and oxygen atoms in total. The number of hydrogen-bond acceptors (Lipinski definition) is 5. The number of methoxy groups -OCH3 is 1. The Morgan fingerprint density at radius 3 is 3.25 bits per heavy atom. The van der Waals surface area contributed by atoms with Crippen LogP contribution in [0.25, 0.3) is 0 Å². The van der Waals surface area contributed by atoms with Crippen LogP contribution in [0.4, 0.5) is 0 Å². The maximum atomic E-state index is 10.7. The summed E-state index contributed by atoms with van der Waals surface area (Å²) in [5, 5.41) is 0.582. The van der Waals surface area contributed by atoms with Crippen LogP contribution in [0.5, 0.6) is 0 Å². The van der Waals surface area contributed by atoms with Crippen LogP contribution in [-0.4, -0.2) is 23.8 Å². The smallest absolute Gasteiger partial charge is 0.306 e. The van der Waals surface area contributed by atoms with E-state index in [1.165, 1.54) is 25.1 Å². The number of aromatic nitrogens is 1. The summed E-state index contributed by atoms with van der Waals surface area (Å²) in [7, 11) is 1.37. The number of oxazole rings is 1. The molecule has 0 radical (unpaired) electrons. The van der Waals surface area contributed by atoms with E-state index in [1.54, 1.807) is 6.20 Å². The second-order valence-electron chi connectivity index (χ2n) is 1.97. The van der Waals surface area contributed by atoms with Crippen molar-refractivity contribution >= 4 is 17.7 Å². The Hall–Kier alpha value is -0.970. The summed E-state index contributed by atoms with van der Waals surface area (Å²) in [6.07, 6.45) is 3.45. The molecule has 0 aliphatic rings. The molecule has 1 heterocycles. The van der Waals surface area contributed by atoms with Gasteiger partial charge in [-0.1, -0.05) is 11.8 Å². The number of hydrogen-bond donors (Lipinski definition) is 0. The van der Waals surface area contributed by atoms with Gasteiger partial charge in [0.2, 0.25) is 0 Å². The fourth-order valence-corrected chi connectivity index (χ4v) is 1.31. The number of ether oxygens (including phenoxy) is 1. The molecule has 0 fully saturated rings. The van der Waals surface area contributed by atoms with Crippen LogP contribution >= 0.6 is 11.8 Å². The minimum absolute atomic E-state index is 0.214. The zero-order valence-corrected chi connectivity index (χ0v) is 7.47. The molecule has 0 aromatic carbocycles. The standard InChI is InChI=1S/C7H9NO3S/c1-10-6(9)2-5-12-7-8-3-4-11-7/h3-4H,2,5H2,1H3. The molecule has 0 N–H and O–H groups in total. The number of nitrogens with zero attached hydrogens (tertiary/aromatic N) is 1. The van der Waals surface area contributed by atoms with Crippen LogP contribution in [0.1, 0.15) is 6.42 Å². The highest BCUT2D eigenvalue weighted by Gasteiger charge is 2.02. The average molecular weight is 187 g/mol. The molecule has 66 valence electrons. The molecule has 0 saturated carbocycles. The summed E-state index contributed by atoms with van der Waals surface area (Å²) in [6, 6.07) is 0. The molecule has 1 rings (SSSR count). The number of carbonyl (C=O) groups excluding carboxylic acids is 1. The number of esters is 1. The summed E-state index contributed by atoms with van der Waals surface area (Å²) in [6.45, 7) is 0. The predicted molar refractivity (Wildman–Crippen MR) is 43.9 cm³/mol. The molecule has 0 atom stereocenters. The van der Waals surface area contributed by atoms with Gasteiger partial charge in [-0.3, -0.25) is 4.79 Å². The third kappa shape index (κ3) is 2.96. The highest BCUT2D eigenvalue weighted by Crippen LogP contribution is 2.15. The topological polar surface area (TPSA) is 52.3 Å². The monoisotopic (exact) mass is 187 g/mol. The minimum Gasteiger partial charge on any atom is -0.469 e. The number of rotatable bonds is 4. The lowest BCUT2D eigenvalue weighted by atomic mass is 10.5. The summed E-state index contributed by atoms with van der Waals surface area (Å²) < 4.78 is 9.42. The van der Waals surface area contributed by atoms with Gasteiger partial charge in [0, 0.05) is 5.75 Å². The fraction of sp³-hybridized carbons (Fsp3) is 0.429. The van der Waals surface area contributed by atoms with Gasteiger partial charge in [-0.25, -0.2) is 4.98 Å². The van der Waals surface area contributed by atoms with Crippen LogP contribution < -0.4 is 0 Å². The molecule has 1 aromatic rings. The van der Waals surface area contributed by atoms with Gasteiger partial charge in [0.1, 0.15) is 6.26 Å². The lowest BCUT2D eigenvalue weighted by Crippen LogP contribution is -2.00. The first-order valence-electron chi connectivity index (χ1n) is 3.42. The normalized spacial score (nSPS) is 9.75. The van der Waals surface area contributed by atoms with Gasteiger partial charge in [-0.05, 0) is 0 Å². The van der Waals surface area contributed by atoms with Gasteiger partial charge in [0.15, 0.2) is 0 Å². The SMILES string of the molecule is COC(=O)CCSc1ncco1. The molecule has 0 aliphatic carbocycles. The Morgan fingerprint density at radius 2 is 2.67 bits per heavy atom. The van der Waals surface area contributed by atoms with E-state index >= 15 is 0 Å². The van der Waals surface area contributed by atoms with Crippen molar-refractivity contribution in [3.05, 3.63) is 12.5 Å². The lowest BCUT2D eigenvalue weighted by Gasteiger charge is -1.95. The molecule has 0 spiro atoms. The summed E-state index contributed by atoms with van der Waals surface area (Å²) in [4.78, 5) is 14.5. The molecule has 5 heteroatoms. The Labute approximate surface area is 74.3 Å². The zero-order chi connectivity index (χ0) is 8.81. The van der Waals surface area contributed by atoms with Crippen molar-refractivity contribution in [2.24, 2.45) is 0 Å². The molecule has 0 amide bonds. The molecule has 0 unspecified atom stereocenters. The average Bonchev–Trinajstić information content (AvgIpc) is 2.57. The van der Waals surface area contributed by atoms with E-state index < -0.39 is 0 Å². The molecule has 0 bridgehead atoms. The van der Waals surface area contributed by atoms with Gasteiger partial charge >= 0.3 is 5.97 Å². The van der Waals surface area contributed by atoms with E-state index in [1.807, 2.05) is 0 Å². The van der Waals surface area contributed by atoms with Gasteiger partial charge < -0.3 is 9.15 Å². The van der Waals surface area contributed by atoms with E-state index in [-0.39, 0.29) is 5.97 Å². The van der Waals surface area contributed by atoms with Crippen LogP contribution in [0.2, 0.25) is 0 Å². The Balaban J connectivity index is 2.15. The Morgan fingerprint density at radius 1 is 1.83 bits per heavy atom. The molecule has 12 heavy (non-hydrogen) atoms. The van der Waals surface area contributed by atoms with Crippen molar-refractivity contribution in [3.63, 3.8) is 0 Å². The van der Waals surface area contributed by atoms with Crippen molar-refractivity contribution in [3.8, 4) is 0 Å². The largest absolute Gasteiger partial charge is 0.469 e. The first-order chi connectivity index (χ1) is 5.83. The van der Waals surface area contributed by atoms with Crippen molar-refractivity contribution in [2.45, 2.75) is 11.6 Å². The summed E-state index contributed by atoms with van der Waals surface area (Å²) in [5.41, 5.74) is 0. The minimum atomic E-state index is -0.214. The van der Waals surface area contributed by atoms with Crippen molar-refractivity contribution in [1.29, 1.82) is 0 Å². The predicted octanol–water partition coefficient (Wildman–Crippen LogP) is 1.33. The fourth-order valence-electron chi connectivity index (χ4n) is 0.605. The van der Waals surface area contributed by atoms with Gasteiger partial charge in [0.05, 0.1) is 19.7 Å². The van der Waals surface area contributed by atoms with Crippen molar-refractivity contribution < 1.29 is 13.9 Å². The molecule has 0 aliphatic heterocycles. The van der Waals surface area contributed by atoms with Gasteiger partial charge in [-0.15, -0.1) is 0 Å². The first kappa shape index (κ1) is 9.12. The van der Waals surface area contributed by atoms with Crippen LogP contribution in [0, 0.1) is 0 Å². The highest BCUT2D eigenvalue weighted by atomic mass is 32.2. The Bertz CT molecular complexity index is 235. The zero-order valence-electron chi connectivity index (χ0n) is 6.65. The van der Waals surface area contributed by atoms with Crippen LogP contribution in [-0.2, 0) is 9.53 Å². The van der Waals surface area contributed by atoms with E-state index in [9.17, 15) is 4.79 Å². The number of carbonyl (C=O) groups is 1. The van der Waals surface area contributed by atoms with Gasteiger partial charge in [-0.2, -0.15) is 0 Å².